The summed E-state index contributed by atoms with van der Waals surface area (Å²) in [5.41, 5.74) is 0.426. The third-order valence-corrected chi connectivity index (χ3v) is 5.77. The van der Waals surface area contributed by atoms with Gasteiger partial charge < -0.3 is 9.05 Å². The van der Waals surface area contributed by atoms with E-state index in [0.29, 0.717) is 11.1 Å². The third-order valence-electron chi connectivity index (χ3n) is 3.31. The number of halogens is 2. The van der Waals surface area contributed by atoms with Crippen LogP contribution in [0.15, 0.2) is 48.5 Å². The molecule has 0 fully saturated rings. The van der Waals surface area contributed by atoms with E-state index in [4.69, 9.17) is 9.05 Å². The van der Waals surface area contributed by atoms with E-state index in [1.807, 2.05) is 0 Å². The molecule has 0 aliphatic rings. The molecule has 0 amide bonds. The Balaban J connectivity index is 2.55. The first-order valence-electron chi connectivity index (χ1n) is 7.40. The van der Waals surface area contributed by atoms with Crippen molar-refractivity contribution < 1.29 is 22.4 Å². The van der Waals surface area contributed by atoms with Crippen molar-refractivity contribution in [1.82, 2.24) is 0 Å². The van der Waals surface area contributed by atoms with Gasteiger partial charge in [-0.3, -0.25) is 4.57 Å². The maximum absolute atomic E-state index is 13.3. The zero-order valence-electron chi connectivity index (χ0n) is 13.0. The fraction of sp³-hybridized carbons (Fsp3) is 0.294. The lowest BCUT2D eigenvalue weighted by molar-refractivity contribution is 0.215. The Morgan fingerprint density at radius 2 is 1.17 bits per heavy atom. The van der Waals surface area contributed by atoms with Gasteiger partial charge in [-0.15, -0.1) is 0 Å². The summed E-state index contributed by atoms with van der Waals surface area (Å²) in [6.45, 7) is 3.85. The van der Waals surface area contributed by atoms with Gasteiger partial charge in [0, 0.05) is 0 Å². The Bertz CT molecular complexity index is 616. The molecular formula is C17H19F2O3P. The van der Waals surface area contributed by atoms with Gasteiger partial charge in [-0.2, -0.15) is 0 Å². The minimum Gasteiger partial charge on any atom is -0.308 e. The number of hydrogen-bond donors (Lipinski definition) is 0. The first-order valence-corrected chi connectivity index (χ1v) is 9.01. The molecule has 0 saturated carbocycles. The summed E-state index contributed by atoms with van der Waals surface area (Å²) in [6.07, 6.45) is 0. The zero-order valence-corrected chi connectivity index (χ0v) is 13.9. The smallest absolute Gasteiger partial charge is 0.308 e. The number of benzene rings is 2. The second-order valence-corrected chi connectivity index (χ2v) is 6.99. The van der Waals surface area contributed by atoms with Crippen molar-refractivity contribution >= 4 is 7.60 Å². The topological polar surface area (TPSA) is 35.5 Å². The minimum absolute atomic E-state index is 0.205. The van der Waals surface area contributed by atoms with Gasteiger partial charge in [0.05, 0.1) is 13.2 Å². The summed E-state index contributed by atoms with van der Waals surface area (Å²) in [5, 5.41) is 0. The molecule has 0 aliphatic carbocycles. The van der Waals surface area contributed by atoms with Crippen LogP contribution in [0.2, 0.25) is 0 Å². The Morgan fingerprint density at radius 1 is 0.826 bits per heavy atom. The molecular weight excluding hydrogens is 321 g/mol. The van der Waals surface area contributed by atoms with Crippen LogP contribution in [-0.2, 0) is 13.6 Å². The van der Waals surface area contributed by atoms with Crippen LogP contribution in [0.25, 0.3) is 0 Å². The van der Waals surface area contributed by atoms with Crippen LogP contribution in [0.3, 0.4) is 0 Å². The van der Waals surface area contributed by atoms with Gasteiger partial charge in [0.1, 0.15) is 17.3 Å². The number of hydrogen-bond acceptors (Lipinski definition) is 3. The molecule has 6 heteroatoms. The van der Waals surface area contributed by atoms with Gasteiger partial charge in [-0.1, -0.05) is 24.3 Å². The Hall–Kier alpha value is -1.55. The van der Waals surface area contributed by atoms with E-state index in [0.717, 1.165) is 0 Å². The molecule has 124 valence electrons. The summed E-state index contributed by atoms with van der Waals surface area (Å²) < 4.78 is 50.6. The maximum atomic E-state index is 13.3. The van der Waals surface area contributed by atoms with E-state index in [-0.39, 0.29) is 13.2 Å². The van der Waals surface area contributed by atoms with Gasteiger partial charge in [0.2, 0.25) is 0 Å². The van der Waals surface area contributed by atoms with Crippen molar-refractivity contribution in [2.24, 2.45) is 0 Å². The van der Waals surface area contributed by atoms with Crippen molar-refractivity contribution in [2.75, 3.05) is 13.2 Å². The van der Waals surface area contributed by atoms with Gasteiger partial charge in [-0.25, -0.2) is 8.78 Å². The lowest BCUT2D eigenvalue weighted by Crippen LogP contribution is -2.08. The molecule has 23 heavy (non-hydrogen) atoms. The van der Waals surface area contributed by atoms with Gasteiger partial charge >= 0.3 is 7.60 Å². The first-order chi connectivity index (χ1) is 11.0. The molecule has 0 aliphatic heterocycles. The molecule has 0 saturated heterocycles. The first kappa shape index (κ1) is 17.8. The molecule has 0 aromatic heterocycles. The lowest BCUT2D eigenvalue weighted by Gasteiger charge is -2.27. The van der Waals surface area contributed by atoms with E-state index in [9.17, 15) is 13.3 Å². The molecule has 0 unspecified atom stereocenters. The van der Waals surface area contributed by atoms with Crippen molar-refractivity contribution in [3.8, 4) is 0 Å². The molecule has 0 radical (unpaired) electrons. The highest BCUT2D eigenvalue weighted by atomic mass is 31.2. The molecule has 2 aromatic carbocycles. The monoisotopic (exact) mass is 340 g/mol. The summed E-state index contributed by atoms with van der Waals surface area (Å²) in [7, 11) is -3.55. The fourth-order valence-electron chi connectivity index (χ4n) is 2.39. The third kappa shape index (κ3) is 4.25. The molecule has 0 atom stereocenters. The van der Waals surface area contributed by atoms with Crippen LogP contribution < -0.4 is 0 Å². The molecule has 2 aromatic rings. The van der Waals surface area contributed by atoms with E-state index in [1.165, 1.54) is 48.5 Å². The fourth-order valence-corrected chi connectivity index (χ4v) is 4.56. The Kier molecular flexibility index (Phi) is 6.05. The van der Waals surface area contributed by atoms with E-state index >= 15 is 0 Å². The predicted octanol–water partition coefficient (Wildman–Crippen LogP) is 5.32. The highest BCUT2D eigenvalue weighted by molar-refractivity contribution is 7.54. The van der Waals surface area contributed by atoms with Crippen LogP contribution in [0.1, 0.15) is 30.6 Å². The Morgan fingerprint density at radius 3 is 1.48 bits per heavy atom. The summed E-state index contributed by atoms with van der Waals surface area (Å²) in [6, 6.07) is 11.3. The lowest BCUT2D eigenvalue weighted by atomic mass is 10.0. The zero-order chi connectivity index (χ0) is 16.9. The second-order valence-electron chi connectivity index (χ2n) is 4.88. The average Bonchev–Trinajstić information content (AvgIpc) is 2.52. The summed E-state index contributed by atoms with van der Waals surface area (Å²) >= 11 is 0. The Labute approximate surface area is 134 Å². The van der Waals surface area contributed by atoms with Crippen molar-refractivity contribution in [3.63, 3.8) is 0 Å². The molecule has 0 heterocycles. The molecule has 0 bridgehead atoms. The highest BCUT2D eigenvalue weighted by Gasteiger charge is 2.38. The van der Waals surface area contributed by atoms with Gasteiger partial charge in [0.15, 0.2) is 0 Å². The minimum atomic E-state index is -3.55. The van der Waals surface area contributed by atoms with Gasteiger partial charge in [0.25, 0.3) is 0 Å². The SMILES string of the molecule is CCOP(=O)(OCC)C(c1ccc(F)cc1)c1ccc(F)cc1. The largest absolute Gasteiger partial charge is 0.342 e. The molecule has 3 nitrogen and oxygen atoms in total. The average molecular weight is 340 g/mol. The summed E-state index contributed by atoms with van der Waals surface area (Å²) in [5.74, 6) is -0.788. The quantitative estimate of drug-likeness (QED) is 0.640. The predicted molar refractivity (Wildman–Crippen MR) is 85.5 cm³/mol. The van der Waals surface area contributed by atoms with E-state index in [1.54, 1.807) is 13.8 Å². The van der Waals surface area contributed by atoms with Gasteiger partial charge in [-0.05, 0) is 49.2 Å². The standard InChI is InChI=1S/C17H19F2O3P/c1-3-21-23(20,22-4-2)17(13-5-9-15(18)10-6-13)14-7-11-16(19)12-8-14/h5-12,17H,3-4H2,1-2H3. The molecule has 0 spiro atoms. The summed E-state index contributed by atoms with van der Waals surface area (Å²) in [4.78, 5) is 0. The number of rotatable bonds is 7. The molecule has 2 rings (SSSR count). The van der Waals surface area contributed by atoms with Crippen molar-refractivity contribution in [2.45, 2.75) is 19.5 Å². The highest BCUT2D eigenvalue weighted by Crippen LogP contribution is 2.63. The molecule has 0 N–H and O–H groups in total. The normalized spacial score (nSPS) is 11.9. The van der Waals surface area contributed by atoms with E-state index in [2.05, 4.69) is 0 Å². The second kappa shape index (κ2) is 7.82. The van der Waals surface area contributed by atoms with Crippen LogP contribution in [0, 0.1) is 11.6 Å². The van der Waals surface area contributed by atoms with Crippen LogP contribution in [0.4, 0.5) is 8.78 Å². The van der Waals surface area contributed by atoms with E-state index < -0.39 is 24.9 Å². The maximum Gasteiger partial charge on any atom is 0.342 e. The van der Waals surface area contributed by atoms with Crippen LogP contribution in [-0.4, -0.2) is 13.2 Å². The van der Waals surface area contributed by atoms with Crippen LogP contribution in [0.5, 0.6) is 0 Å². The van der Waals surface area contributed by atoms with Crippen LogP contribution >= 0.6 is 7.60 Å². The van der Waals surface area contributed by atoms with Crippen molar-refractivity contribution in [1.29, 1.82) is 0 Å². The van der Waals surface area contributed by atoms with Crippen molar-refractivity contribution in [3.05, 3.63) is 71.3 Å².